The van der Waals surface area contributed by atoms with Crippen LogP contribution in [-0.2, 0) is 14.8 Å². The van der Waals surface area contributed by atoms with Crippen LogP contribution in [0.1, 0.15) is 12.5 Å². The molecule has 0 atom stereocenters. The highest BCUT2D eigenvalue weighted by Crippen LogP contribution is 2.19. The van der Waals surface area contributed by atoms with E-state index in [-0.39, 0.29) is 10.9 Å². The third kappa shape index (κ3) is 5.24. The van der Waals surface area contributed by atoms with E-state index in [0.717, 1.165) is 5.56 Å². The van der Waals surface area contributed by atoms with Crippen molar-refractivity contribution in [1.82, 2.24) is 4.98 Å². The van der Waals surface area contributed by atoms with E-state index in [1.165, 1.54) is 25.3 Å². The summed E-state index contributed by atoms with van der Waals surface area (Å²) >= 11 is 0. The summed E-state index contributed by atoms with van der Waals surface area (Å²) in [7, 11) is -3.70. The Bertz CT molecular complexity index is 1080. The van der Waals surface area contributed by atoms with Crippen molar-refractivity contribution in [3.8, 4) is 5.75 Å². The van der Waals surface area contributed by atoms with Crippen LogP contribution < -0.4 is 9.46 Å². The first-order valence-corrected chi connectivity index (χ1v) is 9.76. The van der Waals surface area contributed by atoms with Crippen LogP contribution in [0.3, 0.4) is 0 Å². The number of hydrogen-bond donors (Lipinski definition) is 1. The standard InChI is InChI=1S/C20H17N3O4S/c1-15(24)27-19-8-4-16(5-9-19)13-22-17-6-10-20(11-7-17)28(25,26)23-18-3-2-12-21-14-18/h2-14,23H,1H3. The second kappa shape index (κ2) is 8.45. The van der Waals surface area contributed by atoms with E-state index in [2.05, 4.69) is 14.7 Å². The van der Waals surface area contributed by atoms with Gasteiger partial charge in [0.25, 0.3) is 10.0 Å². The Morgan fingerprint density at radius 1 is 1.07 bits per heavy atom. The number of carbonyl (C=O) groups is 1. The molecule has 0 saturated carbocycles. The van der Waals surface area contributed by atoms with Crippen LogP contribution in [0.4, 0.5) is 11.4 Å². The summed E-state index contributed by atoms with van der Waals surface area (Å²) in [5.41, 5.74) is 1.80. The molecule has 1 N–H and O–H groups in total. The molecule has 0 aliphatic rings. The lowest BCUT2D eigenvalue weighted by atomic mass is 10.2. The van der Waals surface area contributed by atoms with E-state index in [9.17, 15) is 13.2 Å². The average Bonchev–Trinajstić information content (AvgIpc) is 2.68. The Balaban J connectivity index is 1.68. The first-order valence-electron chi connectivity index (χ1n) is 8.28. The second-order valence-corrected chi connectivity index (χ2v) is 7.44. The molecular weight excluding hydrogens is 378 g/mol. The van der Waals surface area contributed by atoms with Gasteiger partial charge in [-0.2, -0.15) is 0 Å². The summed E-state index contributed by atoms with van der Waals surface area (Å²) in [5.74, 6) is 0.0785. The normalized spacial score (nSPS) is 11.3. The number of esters is 1. The number of sulfonamides is 1. The molecule has 28 heavy (non-hydrogen) atoms. The third-order valence-electron chi connectivity index (χ3n) is 3.57. The molecule has 0 radical (unpaired) electrons. The fourth-order valence-corrected chi connectivity index (χ4v) is 3.33. The molecule has 0 saturated heterocycles. The molecule has 0 amide bonds. The summed E-state index contributed by atoms with van der Waals surface area (Å²) < 4.78 is 32.2. The maximum atomic E-state index is 12.4. The zero-order valence-electron chi connectivity index (χ0n) is 14.9. The molecule has 1 aromatic heterocycles. The van der Waals surface area contributed by atoms with E-state index in [1.54, 1.807) is 60.9 Å². The van der Waals surface area contributed by atoms with Crippen LogP contribution in [0, 0.1) is 0 Å². The molecular formula is C20H17N3O4S. The number of benzene rings is 2. The quantitative estimate of drug-likeness (QED) is 0.391. The average molecular weight is 395 g/mol. The minimum absolute atomic E-state index is 0.126. The van der Waals surface area contributed by atoms with Gasteiger partial charge in [0, 0.05) is 19.3 Å². The molecule has 0 bridgehead atoms. The van der Waals surface area contributed by atoms with E-state index in [4.69, 9.17) is 4.74 Å². The first-order chi connectivity index (χ1) is 13.4. The van der Waals surface area contributed by atoms with E-state index < -0.39 is 10.0 Å². The van der Waals surface area contributed by atoms with Gasteiger partial charge in [-0.1, -0.05) is 0 Å². The number of pyridine rings is 1. The molecule has 2 aromatic carbocycles. The van der Waals surface area contributed by atoms with Crippen LogP contribution in [0.2, 0.25) is 0 Å². The third-order valence-corrected chi connectivity index (χ3v) is 4.96. The molecule has 0 fully saturated rings. The van der Waals surface area contributed by atoms with Crippen molar-refractivity contribution in [2.75, 3.05) is 4.72 Å². The fraction of sp³-hybridized carbons (Fsp3) is 0.0500. The minimum Gasteiger partial charge on any atom is -0.427 e. The van der Waals surface area contributed by atoms with Gasteiger partial charge in [0.05, 0.1) is 22.5 Å². The maximum absolute atomic E-state index is 12.4. The van der Waals surface area contributed by atoms with Crippen molar-refractivity contribution in [2.45, 2.75) is 11.8 Å². The largest absolute Gasteiger partial charge is 0.427 e. The molecule has 0 spiro atoms. The van der Waals surface area contributed by atoms with Crippen molar-refractivity contribution >= 4 is 33.6 Å². The van der Waals surface area contributed by atoms with Crippen molar-refractivity contribution < 1.29 is 17.9 Å². The molecule has 0 aliphatic carbocycles. The Morgan fingerprint density at radius 2 is 1.79 bits per heavy atom. The van der Waals surface area contributed by atoms with Gasteiger partial charge >= 0.3 is 5.97 Å². The molecule has 3 aromatic rings. The van der Waals surface area contributed by atoms with Gasteiger partial charge in [-0.25, -0.2) is 8.42 Å². The topological polar surface area (TPSA) is 97.7 Å². The molecule has 7 nitrogen and oxygen atoms in total. The molecule has 1 heterocycles. The molecule has 8 heteroatoms. The Morgan fingerprint density at radius 3 is 2.39 bits per heavy atom. The lowest BCUT2D eigenvalue weighted by Gasteiger charge is -2.07. The van der Waals surface area contributed by atoms with Gasteiger partial charge < -0.3 is 4.74 Å². The molecule has 142 valence electrons. The zero-order chi connectivity index (χ0) is 20.0. The predicted octanol–water partition coefficient (Wildman–Crippen LogP) is 3.56. The number of rotatable bonds is 6. The van der Waals surface area contributed by atoms with Crippen molar-refractivity contribution in [2.24, 2.45) is 4.99 Å². The van der Waals surface area contributed by atoms with Gasteiger partial charge in [-0.3, -0.25) is 19.5 Å². The highest BCUT2D eigenvalue weighted by atomic mass is 32.2. The smallest absolute Gasteiger partial charge is 0.308 e. The number of nitrogens with one attached hydrogen (secondary N) is 1. The highest BCUT2D eigenvalue weighted by Gasteiger charge is 2.13. The second-order valence-electron chi connectivity index (χ2n) is 5.76. The van der Waals surface area contributed by atoms with Crippen LogP contribution in [0.25, 0.3) is 0 Å². The van der Waals surface area contributed by atoms with Crippen molar-refractivity contribution in [1.29, 1.82) is 0 Å². The Kier molecular flexibility index (Phi) is 5.81. The summed E-state index contributed by atoms with van der Waals surface area (Å²) in [6, 6.07) is 16.3. The SMILES string of the molecule is CC(=O)Oc1ccc(C=Nc2ccc(S(=O)(=O)Nc3cccnc3)cc2)cc1. The number of aromatic nitrogens is 1. The Hall–Kier alpha value is -3.52. The number of hydrogen-bond acceptors (Lipinski definition) is 6. The summed E-state index contributed by atoms with van der Waals surface area (Å²) in [4.78, 5) is 19.2. The summed E-state index contributed by atoms with van der Waals surface area (Å²) in [6.07, 6.45) is 4.63. The van der Waals surface area contributed by atoms with Gasteiger partial charge in [0.1, 0.15) is 5.75 Å². The Labute approximate surface area is 162 Å². The number of ether oxygens (including phenoxy) is 1. The summed E-state index contributed by atoms with van der Waals surface area (Å²) in [5, 5.41) is 0. The van der Waals surface area contributed by atoms with Gasteiger partial charge in [-0.15, -0.1) is 0 Å². The van der Waals surface area contributed by atoms with Gasteiger partial charge in [0.2, 0.25) is 0 Å². The van der Waals surface area contributed by atoms with Crippen molar-refractivity contribution in [3.63, 3.8) is 0 Å². The van der Waals surface area contributed by atoms with E-state index in [1.807, 2.05) is 0 Å². The summed E-state index contributed by atoms with van der Waals surface area (Å²) in [6.45, 7) is 1.34. The number of anilines is 1. The minimum atomic E-state index is -3.70. The lowest BCUT2D eigenvalue weighted by Crippen LogP contribution is -2.12. The van der Waals surface area contributed by atoms with Crippen LogP contribution >= 0.6 is 0 Å². The highest BCUT2D eigenvalue weighted by molar-refractivity contribution is 7.92. The zero-order valence-corrected chi connectivity index (χ0v) is 15.8. The molecule has 0 aliphatic heterocycles. The maximum Gasteiger partial charge on any atom is 0.308 e. The molecule has 0 unspecified atom stereocenters. The lowest BCUT2D eigenvalue weighted by molar-refractivity contribution is -0.131. The van der Waals surface area contributed by atoms with Crippen LogP contribution in [-0.4, -0.2) is 25.6 Å². The van der Waals surface area contributed by atoms with Gasteiger partial charge in [-0.05, 0) is 66.2 Å². The number of aliphatic imine (C=N–C) groups is 1. The van der Waals surface area contributed by atoms with E-state index in [0.29, 0.717) is 17.1 Å². The number of carbonyl (C=O) groups excluding carboxylic acids is 1. The number of nitrogens with zero attached hydrogens (tertiary/aromatic N) is 2. The van der Waals surface area contributed by atoms with E-state index >= 15 is 0 Å². The van der Waals surface area contributed by atoms with Crippen molar-refractivity contribution in [3.05, 3.63) is 78.6 Å². The fourth-order valence-electron chi connectivity index (χ4n) is 2.29. The monoisotopic (exact) mass is 395 g/mol. The predicted molar refractivity (Wildman–Crippen MR) is 106 cm³/mol. The van der Waals surface area contributed by atoms with Crippen LogP contribution in [0.5, 0.6) is 5.75 Å². The van der Waals surface area contributed by atoms with Gasteiger partial charge in [0.15, 0.2) is 0 Å². The first kappa shape index (κ1) is 19.2. The van der Waals surface area contributed by atoms with Crippen LogP contribution in [0.15, 0.2) is 82.9 Å². The molecule has 3 rings (SSSR count).